The number of benzene rings is 2. The Balaban J connectivity index is 1.52. The van der Waals surface area contributed by atoms with Crippen LogP contribution in [-0.2, 0) is 4.79 Å². The van der Waals surface area contributed by atoms with Gasteiger partial charge in [-0.05, 0) is 56.0 Å². The third-order valence-corrected chi connectivity index (χ3v) is 5.57. The SMILES string of the molecule is C/C(=N\Nc1nc(Nc2ccccc2)nc(N2CCCCC2)n1)c1ccc(NC(=O)CCl)cc1. The summed E-state index contributed by atoms with van der Waals surface area (Å²) in [5.74, 6) is 1.11. The Hall–Kier alpha value is -3.72. The van der Waals surface area contributed by atoms with Crippen molar-refractivity contribution >= 4 is 52.4 Å². The maximum atomic E-state index is 11.4. The van der Waals surface area contributed by atoms with Crippen LogP contribution >= 0.6 is 11.6 Å². The summed E-state index contributed by atoms with van der Waals surface area (Å²) >= 11 is 5.54. The zero-order valence-corrected chi connectivity index (χ0v) is 19.7. The highest BCUT2D eigenvalue weighted by molar-refractivity contribution is 6.29. The van der Waals surface area contributed by atoms with Gasteiger partial charge in [0.1, 0.15) is 5.88 Å². The van der Waals surface area contributed by atoms with E-state index < -0.39 is 0 Å². The lowest BCUT2D eigenvalue weighted by Gasteiger charge is -2.26. The third-order valence-electron chi connectivity index (χ3n) is 5.32. The van der Waals surface area contributed by atoms with Gasteiger partial charge >= 0.3 is 0 Å². The molecule has 176 valence electrons. The monoisotopic (exact) mass is 478 g/mol. The summed E-state index contributed by atoms with van der Waals surface area (Å²) in [7, 11) is 0. The molecule has 0 radical (unpaired) electrons. The Morgan fingerprint density at radius 3 is 2.35 bits per heavy atom. The lowest BCUT2D eigenvalue weighted by atomic mass is 10.1. The number of anilines is 5. The number of nitrogens with one attached hydrogen (secondary N) is 3. The van der Waals surface area contributed by atoms with Crippen LogP contribution in [0.1, 0.15) is 31.7 Å². The van der Waals surface area contributed by atoms with Crippen LogP contribution in [0.2, 0.25) is 0 Å². The van der Waals surface area contributed by atoms with Gasteiger partial charge in [0, 0.05) is 24.5 Å². The van der Waals surface area contributed by atoms with Gasteiger partial charge < -0.3 is 15.5 Å². The van der Waals surface area contributed by atoms with Crippen LogP contribution < -0.4 is 21.0 Å². The van der Waals surface area contributed by atoms with Crippen molar-refractivity contribution in [1.82, 2.24) is 15.0 Å². The maximum absolute atomic E-state index is 11.4. The summed E-state index contributed by atoms with van der Waals surface area (Å²) in [6, 6.07) is 17.1. The highest BCUT2D eigenvalue weighted by atomic mass is 35.5. The number of alkyl halides is 1. The molecule has 3 N–H and O–H groups in total. The minimum atomic E-state index is -0.249. The number of aromatic nitrogens is 3. The molecule has 2 heterocycles. The van der Waals surface area contributed by atoms with E-state index >= 15 is 0 Å². The van der Waals surface area contributed by atoms with Crippen molar-refractivity contribution in [2.24, 2.45) is 5.10 Å². The quantitative estimate of drug-likeness (QED) is 0.246. The zero-order chi connectivity index (χ0) is 23.8. The summed E-state index contributed by atoms with van der Waals surface area (Å²) in [5.41, 5.74) is 6.18. The summed E-state index contributed by atoms with van der Waals surface area (Å²) in [4.78, 5) is 27.4. The number of para-hydroxylation sites is 1. The molecule has 1 saturated heterocycles. The molecule has 1 amide bonds. The number of piperidine rings is 1. The molecule has 34 heavy (non-hydrogen) atoms. The second-order valence-corrected chi connectivity index (χ2v) is 8.16. The second-order valence-electron chi connectivity index (χ2n) is 7.89. The van der Waals surface area contributed by atoms with Crippen molar-refractivity contribution in [2.75, 3.05) is 39.9 Å². The summed E-state index contributed by atoms with van der Waals surface area (Å²) in [6.07, 6.45) is 3.46. The first-order valence-electron chi connectivity index (χ1n) is 11.2. The number of rotatable bonds is 8. The Bertz CT molecular complexity index is 1130. The van der Waals surface area contributed by atoms with Crippen molar-refractivity contribution < 1.29 is 4.79 Å². The van der Waals surface area contributed by atoms with Gasteiger partial charge in [-0.2, -0.15) is 20.1 Å². The Labute approximate surface area is 203 Å². The van der Waals surface area contributed by atoms with E-state index in [1.807, 2.05) is 49.4 Å². The number of hydrogen-bond acceptors (Lipinski definition) is 8. The van der Waals surface area contributed by atoms with Gasteiger partial charge in [-0.3, -0.25) is 4.79 Å². The number of halogens is 1. The van der Waals surface area contributed by atoms with Crippen LogP contribution in [0.15, 0.2) is 59.7 Å². The molecule has 3 aromatic rings. The molecule has 10 heteroatoms. The molecule has 4 rings (SSSR count). The highest BCUT2D eigenvalue weighted by Crippen LogP contribution is 2.21. The van der Waals surface area contributed by atoms with Gasteiger partial charge in [0.15, 0.2) is 0 Å². The number of nitrogens with zero attached hydrogens (tertiary/aromatic N) is 5. The molecule has 9 nitrogen and oxygen atoms in total. The van der Waals surface area contributed by atoms with E-state index in [1.165, 1.54) is 6.42 Å². The Kier molecular flexibility index (Phi) is 7.87. The largest absolute Gasteiger partial charge is 0.341 e. The molecule has 2 aromatic carbocycles. The average molecular weight is 479 g/mol. The van der Waals surface area contributed by atoms with Crippen LogP contribution in [-0.4, -0.2) is 45.5 Å². The van der Waals surface area contributed by atoms with Crippen LogP contribution in [0.4, 0.5) is 29.2 Å². The van der Waals surface area contributed by atoms with E-state index in [2.05, 4.69) is 41.0 Å². The molecular weight excluding hydrogens is 452 g/mol. The smallest absolute Gasteiger partial charge is 0.250 e. The van der Waals surface area contributed by atoms with Gasteiger partial charge in [-0.15, -0.1) is 11.6 Å². The van der Waals surface area contributed by atoms with Crippen LogP contribution in [0.5, 0.6) is 0 Å². The molecule has 1 aliphatic heterocycles. The Morgan fingerprint density at radius 2 is 1.65 bits per heavy atom. The van der Waals surface area contributed by atoms with E-state index in [0.29, 0.717) is 23.5 Å². The van der Waals surface area contributed by atoms with Crippen molar-refractivity contribution in [3.05, 3.63) is 60.2 Å². The highest BCUT2D eigenvalue weighted by Gasteiger charge is 2.16. The Morgan fingerprint density at radius 1 is 0.941 bits per heavy atom. The van der Waals surface area contributed by atoms with Crippen molar-refractivity contribution in [3.8, 4) is 0 Å². The van der Waals surface area contributed by atoms with Crippen LogP contribution in [0.25, 0.3) is 0 Å². The minimum Gasteiger partial charge on any atom is -0.341 e. The topological polar surface area (TPSA) is 107 Å². The fourth-order valence-electron chi connectivity index (χ4n) is 3.54. The molecule has 1 fully saturated rings. The first-order valence-corrected chi connectivity index (χ1v) is 11.7. The van der Waals surface area contributed by atoms with E-state index in [4.69, 9.17) is 11.6 Å². The van der Waals surface area contributed by atoms with Gasteiger partial charge in [0.25, 0.3) is 0 Å². The zero-order valence-electron chi connectivity index (χ0n) is 19.0. The van der Waals surface area contributed by atoms with E-state index in [1.54, 1.807) is 12.1 Å². The molecule has 1 aliphatic rings. The van der Waals surface area contributed by atoms with Gasteiger partial charge in [0.05, 0.1) is 5.71 Å². The second kappa shape index (κ2) is 11.4. The molecule has 0 atom stereocenters. The average Bonchev–Trinajstić information content (AvgIpc) is 2.88. The van der Waals surface area contributed by atoms with Gasteiger partial charge in [0.2, 0.25) is 23.8 Å². The predicted octanol–water partition coefficient (Wildman–Crippen LogP) is 4.62. The number of hydrogen-bond donors (Lipinski definition) is 3. The van der Waals surface area contributed by atoms with E-state index in [9.17, 15) is 4.79 Å². The van der Waals surface area contributed by atoms with E-state index in [0.717, 1.165) is 42.9 Å². The molecule has 0 saturated carbocycles. The van der Waals surface area contributed by atoms with Crippen molar-refractivity contribution in [1.29, 1.82) is 0 Å². The molecule has 0 aliphatic carbocycles. The minimum absolute atomic E-state index is 0.0847. The lowest BCUT2D eigenvalue weighted by molar-refractivity contribution is -0.113. The summed E-state index contributed by atoms with van der Waals surface area (Å²) < 4.78 is 0. The van der Waals surface area contributed by atoms with Gasteiger partial charge in [-0.25, -0.2) is 5.43 Å². The summed E-state index contributed by atoms with van der Waals surface area (Å²) in [6.45, 7) is 3.72. The molecule has 1 aromatic heterocycles. The van der Waals surface area contributed by atoms with Crippen molar-refractivity contribution in [3.63, 3.8) is 0 Å². The lowest BCUT2D eigenvalue weighted by Crippen LogP contribution is -2.31. The molecule has 0 spiro atoms. The molecule has 0 unspecified atom stereocenters. The number of amides is 1. The standard InChI is InChI=1S/C24H27ClN8O/c1-17(18-10-12-20(13-11-18)26-21(34)16-25)31-32-23-28-22(27-19-8-4-2-5-9-19)29-24(30-23)33-14-6-3-7-15-33/h2,4-5,8-13H,3,6-7,14-16H2,1H3,(H,26,34)(H2,27,28,29,30,32)/b31-17+. The molecular formula is C24H27ClN8O. The van der Waals surface area contributed by atoms with Crippen LogP contribution in [0.3, 0.4) is 0 Å². The van der Waals surface area contributed by atoms with Crippen molar-refractivity contribution in [2.45, 2.75) is 26.2 Å². The fraction of sp³-hybridized carbons (Fsp3) is 0.292. The predicted molar refractivity (Wildman–Crippen MR) is 137 cm³/mol. The van der Waals surface area contributed by atoms with E-state index in [-0.39, 0.29) is 11.8 Å². The fourth-order valence-corrected chi connectivity index (χ4v) is 3.61. The number of carbonyl (C=O) groups excluding carboxylic acids is 1. The number of hydrazone groups is 1. The maximum Gasteiger partial charge on any atom is 0.250 e. The first kappa shape index (κ1) is 23.4. The van der Waals surface area contributed by atoms with Gasteiger partial charge in [-0.1, -0.05) is 30.3 Å². The molecule has 0 bridgehead atoms. The first-order chi connectivity index (χ1) is 16.6. The number of carbonyl (C=O) groups is 1. The van der Waals surface area contributed by atoms with Crippen LogP contribution in [0, 0.1) is 0 Å². The third kappa shape index (κ3) is 6.41. The normalized spacial score (nSPS) is 13.9. The summed E-state index contributed by atoms with van der Waals surface area (Å²) in [5, 5.41) is 10.4.